The fourth-order valence-corrected chi connectivity index (χ4v) is 1.84. The van der Waals surface area contributed by atoms with Gasteiger partial charge in [0, 0.05) is 13.2 Å². The number of aromatic nitrogens is 4. The zero-order valence-electron chi connectivity index (χ0n) is 8.58. The van der Waals surface area contributed by atoms with Crippen LogP contribution in [0.1, 0.15) is 5.69 Å². The van der Waals surface area contributed by atoms with Crippen molar-refractivity contribution in [3.8, 4) is 0 Å². The third kappa shape index (κ3) is 2.37. The number of nitrogen functional groups attached to an aromatic ring is 1. The monoisotopic (exact) mass is 234 g/mol. The number of aryl methyl sites for hydroxylation is 1. The standard InChI is InChI=1S/C9H10N6S/c1-15-5-6(2-14-15)16-8-4-12-7(3-13-8)9(10)11/h2-5H,1H3,(H3,10,11). The van der Waals surface area contributed by atoms with Gasteiger partial charge in [-0.1, -0.05) is 11.8 Å². The highest BCUT2D eigenvalue weighted by Gasteiger charge is 2.03. The molecule has 82 valence electrons. The predicted octanol–water partition coefficient (Wildman–Crippen LogP) is 0.645. The summed E-state index contributed by atoms with van der Waals surface area (Å²) in [6.07, 6.45) is 6.73. The number of amidine groups is 1. The van der Waals surface area contributed by atoms with E-state index >= 15 is 0 Å². The van der Waals surface area contributed by atoms with E-state index in [1.807, 2.05) is 13.2 Å². The normalized spacial score (nSPS) is 10.3. The van der Waals surface area contributed by atoms with Crippen molar-refractivity contribution in [1.82, 2.24) is 19.7 Å². The van der Waals surface area contributed by atoms with Gasteiger partial charge in [-0.2, -0.15) is 5.10 Å². The van der Waals surface area contributed by atoms with E-state index in [0.29, 0.717) is 5.69 Å². The van der Waals surface area contributed by atoms with Crippen LogP contribution in [0.4, 0.5) is 0 Å². The van der Waals surface area contributed by atoms with Gasteiger partial charge in [-0.05, 0) is 0 Å². The van der Waals surface area contributed by atoms with E-state index in [2.05, 4.69) is 15.1 Å². The molecule has 6 nitrogen and oxygen atoms in total. The lowest BCUT2D eigenvalue weighted by Crippen LogP contribution is -2.13. The van der Waals surface area contributed by atoms with Gasteiger partial charge in [0.2, 0.25) is 0 Å². The zero-order valence-corrected chi connectivity index (χ0v) is 9.40. The van der Waals surface area contributed by atoms with Gasteiger partial charge in [-0.3, -0.25) is 10.1 Å². The molecule has 7 heteroatoms. The van der Waals surface area contributed by atoms with Gasteiger partial charge in [0.05, 0.1) is 23.5 Å². The Kier molecular flexibility index (Phi) is 2.86. The van der Waals surface area contributed by atoms with E-state index in [9.17, 15) is 0 Å². The first kappa shape index (κ1) is 10.6. The lowest BCUT2D eigenvalue weighted by atomic mass is 10.4. The summed E-state index contributed by atoms with van der Waals surface area (Å²) in [6, 6.07) is 0. The van der Waals surface area contributed by atoms with Gasteiger partial charge in [0.1, 0.15) is 16.6 Å². The molecule has 0 saturated heterocycles. The molecular weight excluding hydrogens is 224 g/mol. The van der Waals surface area contributed by atoms with Crippen LogP contribution >= 0.6 is 11.8 Å². The second-order valence-corrected chi connectivity index (χ2v) is 4.20. The Morgan fingerprint density at radius 2 is 2.19 bits per heavy atom. The van der Waals surface area contributed by atoms with Crippen LogP contribution in [0.2, 0.25) is 0 Å². The molecule has 0 unspecified atom stereocenters. The van der Waals surface area contributed by atoms with E-state index < -0.39 is 0 Å². The third-order valence-corrected chi connectivity index (χ3v) is 2.67. The van der Waals surface area contributed by atoms with Crippen LogP contribution in [0.15, 0.2) is 34.7 Å². The molecule has 2 aromatic heterocycles. The molecule has 2 rings (SSSR count). The van der Waals surface area contributed by atoms with E-state index in [1.54, 1.807) is 17.1 Å². The molecule has 0 radical (unpaired) electrons. The highest BCUT2D eigenvalue weighted by molar-refractivity contribution is 7.99. The van der Waals surface area contributed by atoms with Crippen molar-refractivity contribution in [2.45, 2.75) is 9.92 Å². The van der Waals surface area contributed by atoms with Crippen LogP contribution in [0.3, 0.4) is 0 Å². The van der Waals surface area contributed by atoms with Gasteiger partial charge < -0.3 is 5.73 Å². The Labute approximate surface area is 96.4 Å². The van der Waals surface area contributed by atoms with Gasteiger partial charge in [-0.25, -0.2) is 9.97 Å². The van der Waals surface area contributed by atoms with Crippen LogP contribution in [0.25, 0.3) is 0 Å². The minimum absolute atomic E-state index is 0.0783. The molecule has 0 atom stereocenters. The molecule has 0 amide bonds. The van der Waals surface area contributed by atoms with Gasteiger partial charge in [0.25, 0.3) is 0 Å². The van der Waals surface area contributed by atoms with Crippen molar-refractivity contribution >= 4 is 17.6 Å². The Bertz CT molecular complexity index is 503. The van der Waals surface area contributed by atoms with Crippen molar-refractivity contribution in [2.24, 2.45) is 12.8 Å². The molecule has 0 aromatic carbocycles. The first-order valence-electron chi connectivity index (χ1n) is 4.48. The third-order valence-electron chi connectivity index (χ3n) is 1.81. The number of nitrogens with one attached hydrogen (secondary N) is 1. The molecule has 0 aliphatic carbocycles. The molecule has 2 heterocycles. The first-order chi connectivity index (χ1) is 7.65. The maximum absolute atomic E-state index is 7.19. The fraction of sp³-hybridized carbons (Fsp3) is 0.111. The van der Waals surface area contributed by atoms with E-state index in [-0.39, 0.29) is 5.84 Å². The summed E-state index contributed by atoms with van der Waals surface area (Å²) < 4.78 is 1.72. The molecule has 0 aliphatic rings. The molecule has 0 spiro atoms. The minimum Gasteiger partial charge on any atom is -0.382 e. The highest BCUT2D eigenvalue weighted by Crippen LogP contribution is 2.24. The lowest BCUT2D eigenvalue weighted by molar-refractivity contribution is 0.766. The summed E-state index contributed by atoms with van der Waals surface area (Å²) in [6.45, 7) is 0. The summed E-state index contributed by atoms with van der Waals surface area (Å²) >= 11 is 1.46. The smallest absolute Gasteiger partial charge is 0.143 e. The van der Waals surface area contributed by atoms with Crippen molar-refractivity contribution < 1.29 is 0 Å². The summed E-state index contributed by atoms with van der Waals surface area (Å²) in [7, 11) is 1.86. The molecule has 16 heavy (non-hydrogen) atoms. The Balaban J connectivity index is 2.14. The minimum atomic E-state index is -0.0783. The van der Waals surface area contributed by atoms with Crippen molar-refractivity contribution in [2.75, 3.05) is 0 Å². The Morgan fingerprint density at radius 3 is 2.69 bits per heavy atom. The number of rotatable bonds is 3. The second-order valence-electron chi connectivity index (χ2n) is 3.11. The number of nitrogens with two attached hydrogens (primary N) is 1. The van der Waals surface area contributed by atoms with Crippen LogP contribution in [0, 0.1) is 5.41 Å². The summed E-state index contributed by atoms with van der Waals surface area (Å²) in [5.41, 5.74) is 5.67. The van der Waals surface area contributed by atoms with Crippen molar-refractivity contribution in [3.05, 3.63) is 30.5 Å². The van der Waals surface area contributed by atoms with Crippen LogP contribution in [-0.4, -0.2) is 25.6 Å². The SMILES string of the molecule is Cn1cc(Sc2cnc(C(=N)N)cn2)cn1. The van der Waals surface area contributed by atoms with E-state index in [4.69, 9.17) is 11.1 Å². The maximum Gasteiger partial charge on any atom is 0.143 e. The molecule has 2 aromatic rings. The topological polar surface area (TPSA) is 93.5 Å². The van der Waals surface area contributed by atoms with Crippen LogP contribution < -0.4 is 5.73 Å². The highest BCUT2D eigenvalue weighted by atomic mass is 32.2. The quantitative estimate of drug-likeness (QED) is 0.600. The number of hydrogen-bond acceptors (Lipinski definition) is 5. The Hall–Kier alpha value is -1.89. The van der Waals surface area contributed by atoms with Crippen LogP contribution in [0.5, 0.6) is 0 Å². The lowest BCUT2D eigenvalue weighted by Gasteiger charge is -1.98. The Morgan fingerprint density at radius 1 is 1.38 bits per heavy atom. The van der Waals surface area contributed by atoms with Crippen LogP contribution in [-0.2, 0) is 7.05 Å². The largest absolute Gasteiger partial charge is 0.382 e. The molecule has 3 N–H and O–H groups in total. The van der Waals surface area contributed by atoms with Gasteiger partial charge in [0.15, 0.2) is 0 Å². The molecular formula is C9H10N6S. The maximum atomic E-state index is 7.19. The van der Waals surface area contributed by atoms with E-state index in [0.717, 1.165) is 9.92 Å². The average Bonchev–Trinajstić information content (AvgIpc) is 2.65. The number of hydrogen-bond donors (Lipinski definition) is 2. The molecule has 0 saturated carbocycles. The zero-order chi connectivity index (χ0) is 11.5. The summed E-state index contributed by atoms with van der Waals surface area (Å²) in [5.74, 6) is -0.0783. The summed E-state index contributed by atoms with van der Waals surface area (Å²) in [5, 5.41) is 12.0. The average molecular weight is 234 g/mol. The molecule has 0 aliphatic heterocycles. The van der Waals surface area contributed by atoms with Crippen molar-refractivity contribution in [1.29, 1.82) is 5.41 Å². The van der Waals surface area contributed by atoms with Crippen molar-refractivity contribution in [3.63, 3.8) is 0 Å². The second kappa shape index (κ2) is 4.31. The molecule has 0 fully saturated rings. The van der Waals surface area contributed by atoms with Gasteiger partial charge in [-0.15, -0.1) is 0 Å². The summed E-state index contributed by atoms with van der Waals surface area (Å²) in [4.78, 5) is 9.16. The predicted molar refractivity (Wildman–Crippen MR) is 60.4 cm³/mol. The number of nitrogens with zero attached hydrogens (tertiary/aromatic N) is 4. The molecule has 0 bridgehead atoms. The fourth-order valence-electron chi connectivity index (χ4n) is 1.08. The first-order valence-corrected chi connectivity index (χ1v) is 5.30. The van der Waals surface area contributed by atoms with Gasteiger partial charge >= 0.3 is 0 Å². The van der Waals surface area contributed by atoms with E-state index in [1.165, 1.54) is 18.0 Å².